The number of nitriles is 1. The third-order valence-corrected chi connectivity index (χ3v) is 3.83. The third-order valence-electron chi connectivity index (χ3n) is 3.28. The van der Waals surface area contributed by atoms with Gasteiger partial charge in [0.05, 0.1) is 16.1 Å². The number of nitrogens with one attached hydrogen (secondary N) is 1. The maximum Gasteiger partial charge on any atom is 0.152 e. The van der Waals surface area contributed by atoms with Crippen molar-refractivity contribution in [3.8, 4) is 11.8 Å². The monoisotopic (exact) mass is 359 g/mol. The summed E-state index contributed by atoms with van der Waals surface area (Å²) in [5.41, 5.74) is 1.48. The number of hydrogen-bond donors (Lipinski definition) is 2. The van der Waals surface area contributed by atoms with Gasteiger partial charge < -0.3 is 14.8 Å². The Hall–Kier alpha value is -2.68. The first-order valence-electron chi connectivity index (χ1n) is 6.93. The highest BCUT2D eigenvalue weighted by atomic mass is 35.5. The van der Waals surface area contributed by atoms with Crippen LogP contribution in [0.25, 0.3) is 16.6 Å². The molecule has 7 heteroatoms. The summed E-state index contributed by atoms with van der Waals surface area (Å²) in [6, 6.07) is 14.0. The number of nitrogens with zero attached hydrogens (tertiary/aromatic N) is 2. The number of halogens is 2. The molecule has 120 valence electrons. The fraction of sp³-hybridized carbons (Fsp3) is 0.0588. The van der Waals surface area contributed by atoms with Crippen LogP contribution in [0.1, 0.15) is 5.82 Å². The standard InChI is InChI=1S/C17H11Cl2N3O2/c18-10-5-6-12(19)16(7-10)24-9-15(23)11(8-20)17-21-13-3-1-2-4-14(13)22-17/h1-7,23H,9H2,(H,21,22)/b15-11-. The lowest BCUT2D eigenvalue weighted by Crippen LogP contribution is -2.04. The minimum atomic E-state index is -0.257. The van der Waals surface area contributed by atoms with Crippen molar-refractivity contribution in [2.24, 2.45) is 0 Å². The number of ether oxygens (including phenoxy) is 1. The molecular formula is C17H11Cl2N3O2. The first-order chi connectivity index (χ1) is 11.6. The molecule has 0 atom stereocenters. The normalized spacial score (nSPS) is 11.9. The van der Waals surface area contributed by atoms with Gasteiger partial charge in [0.25, 0.3) is 0 Å². The number of allylic oxidation sites excluding steroid dienone is 1. The number of para-hydroxylation sites is 2. The summed E-state index contributed by atoms with van der Waals surface area (Å²) in [4.78, 5) is 7.28. The Morgan fingerprint density at radius 3 is 2.79 bits per heavy atom. The van der Waals surface area contributed by atoms with E-state index in [9.17, 15) is 10.4 Å². The molecule has 0 radical (unpaired) electrons. The Morgan fingerprint density at radius 2 is 2.04 bits per heavy atom. The highest BCUT2D eigenvalue weighted by Crippen LogP contribution is 2.28. The summed E-state index contributed by atoms with van der Waals surface area (Å²) in [6.45, 7) is -0.236. The number of rotatable bonds is 4. The van der Waals surface area contributed by atoms with Crippen LogP contribution in [0.5, 0.6) is 5.75 Å². The largest absolute Gasteiger partial charge is 0.507 e. The Labute approximate surface area is 147 Å². The topological polar surface area (TPSA) is 81.9 Å². The molecule has 24 heavy (non-hydrogen) atoms. The smallest absolute Gasteiger partial charge is 0.152 e. The molecule has 0 amide bonds. The molecule has 2 N–H and O–H groups in total. The molecule has 2 aromatic carbocycles. The van der Waals surface area contributed by atoms with Crippen molar-refractivity contribution >= 4 is 39.8 Å². The van der Waals surface area contributed by atoms with E-state index in [1.807, 2.05) is 30.3 Å². The number of hydrogen-bond acceptors (Lipinski definition) is 4. The Bertz CT molecular complexity index is 940. The Balaban J connectivity index is 1.87. The summed E-state index contributed by atoms with van der Waals surface area (Å²) in [7, 11) is 0. The second kappa shape index (κ2) is 6.83. The number of fused-ring (bicyclic) bond motifs is 1. The lowest BCUT2D eigenvalue weighted by molar-refractivity contribution is 0.272. The van der Waals surface area contributed by atoms with Crippen molar-refractivity contribution in [2.75, 3.05) is 6.61 Å². The fourth-order valence-electron chi connectivity index (χ4n) is 2.13. The van der Waals surface area contributed by atoms with Gasteiger partial charge in [-0.05, 0) is 24.3 Å². The highest BCUT2D eigenvalue weighted by Gasteiger charge is 2.14. The van der Waals surface area contributed by atoms with Crippen LogP contribution in [-0.4, -0.2) is 21.7 Å². The highest BCUT2D eigenvalue weighted by molar-refractivity contribution is 6.34. The van der Waals surface area contributed by atoms with Gasteiger partial charge >= 0.3 is 0 Å². The molecule has 0 saturated heterocycles. The molecule has 0 unspecified atom stereocenters. The predicted molar refractivity (Wildman–Crippen MR) is 93.2 cm³/mol. The van der Waals surface area contributed by atoms with E-state index in [0.29, 0.717) is 21.3 Å². The van der Waals surface area contributed by atoms with Crippen LogP contribution in [0.3, 0.4) is 0 Å². The number of aromatic amines is 1. The zero-order valence-corrected chi connectivity index (χ0v) is 13.8. The molecule has 3 aromatic rings. The Morgan fingerprint density at radius 1 is 1.25 bits per heavy atom. The minimum Gasteiger partial charge on any atom is -0.507 e. The Kier molecular flexibility index (Phi) is 4.61. The summed E-state index contributed by atoms with van der Waals surface area (Å²) < 4.78 is 5.44. The number of benzene rings is 2. The van der Waals surface area contributed by atoms with E-state index in [0.717, 1.165) is 5.52 Å². The van der Waals surface area contributed by atoms with Crippen LogP contribution in [0.4, 0.5) is 0 Å². The zero-order valence-electron chi connectivity index (χ0n) is 12.3. The van der Waals surface area contributed by atoms with Gasteiger partial charge in [-0.1, -0.05) is 35.3 Å². The van der Waals surface area contributed by atoms with Gasteiger partial charge in [0.2, 0.25) is 0 Å². The molecule has 0 spiro atoms. The van der Waals surface area contributed by atoms with Gasteiger partial charge in [0.1, 0.15) is 24.0 Å². The maximum absolute atomic E-state index is 10.2. The van der Waals surface area contributed by atoms with Crippen molar-refractivity contribution in [1.82, 2.24) is 9.97 Å². The van der Waals surface area contributed by atoms with Crippen LogP contribution < -0.4 is 4.74 Å². The molecule has 0 saturated carbocycles. The molecule has 0 aliphatic heterocycles. The molecule has 0 fully saturated rings. The molecule has 0 aliphatic rings. The molecule has 5 nitrogen and oxygen atoms in total. The van der Waals surface area contributed by atoms with Gasteiger partial charge in [-0.2, -0.15) is 5.26 Å². The van der Waals surface area contributed by atoms with Crippen molar-refractivity contribution in [1.29, 1.82) is 5.26 Å². The van der Waals surface area contributed by atoms with Gasteiger partial charge in [-0.25, -0.2) is 4.98 Å². The van der Waals surface area contributed by atoms with Gasteiger partial charge in [0.15, 0.2) is 11.6 Å². The van der Waals surface area contributed by atoms with E-state index < -0.39 is 0 Å². The van der Waals surface area contributed by atoms with Crippen molar-refractivity contribution in [3.05, 3.63) is 64.1 Å². The van der Waals surface area contributed by atoms with E-state index >= 15 is 0 Å². The lowest BCUT2D eigenvalue weighted by Gasteiger charge is -2.08. The van der Waals surface area contributed by atoms with Crippen molar-refractivity contribution in [2.45, 2.75) is 0 Å². The van der Waals surface area contributed by atoms with E-state index in [4.69, 9.17) is 27.9 Å². The fourth-order valence-corrected chi connectivity index (χ4v) is 2.47. The minimum absolute atomic E-state index is 0.00403. The van der Waals surface area contributed by atoms with Gasteiger partial charge in [-0.3, -0.25) is 0 Å². The number of aromatic nitrogens is 2. The van der Waals surface area contributed by atoms with Gasteiger partial charge in [-0.15, -0.1) is 0 Å². The molecular weight excluding hydrogens is 349 g/mol. The summed E-state index contributed by atoms with van der Waals surface area (Å²) in [6.07, 6.45) is 0. The second-order valence-electron chi connectivity index (χ2n) is 4.90. The third kappa shape index (κ3) is 3.30. The number of H-pyrrole nitrogens is 1. The lowest BCUT2D eigenvalue weighted by atomic mass is 10.2. The summed E-state index contributed by atoms with van der Waals surface area (Å²) in [5.74, 6) is 0.335. The summed E-state index contributed by atoms with van der Waals surface area (Å²) >= 11 is 11.9. The van der Waals surface area contributed by atoms with Crippen LogP contribution in [0.15, 0.2) is 48.2 Å². The van der Waals surface area contributed by atoms with Crippen molar-refractivity contribution in [3.63, 3.8) is 0 Å². The second-order valence-corrected chi connectivity index (χ2v) is 5.74. The average molecular weight is 360 g/mol. The van der Waals surface area contributed by atoms with Crippen LogP contribution in [0.2, 0.25) is 10.0 Å². The van der Waals surface area contributed by atoms with Crippen molar-refractivity contribution < 1.29 is 9.84 Å². The van der Waals surface area contributed by atoms with E-state index in [1.165, 1.54) is 6.07 Å². The number of aliphatic hydroxyl groups excluding tert-OH is 1. The SMILES string of the molecule is N#C/C(=C(/O)COc1cc(Cl)ccc1Cl)c1nc2ccccc2[nH]1. The van der Waals surface area contributed by atoms with Gasteiger partial charge in [0, 0.05) is 11.1 Å². The molecule has 3 rings (SSSR count). The molecule has 0 bridgehead atoms. The molecule has 1 heterocycles. The zero-order chi connectivity index (χ0) is 17.1. The maximum atomic E-state index is 10.2. The first kappa shape index (κ1) is 16.2. The number of imidazole rings is 1. The summed E-state index contributed by atoms with van der Waals surface area (Å²) in [5, 5.41) is 20.4. The molecule has 1 aromatic heterocycles. The van der Waals surface area contributed by atoms with Crippen LogP contribution >= 0.6 is 23.2 Å². The van der Waals surface area contributed by atoms with Crippen LogP contribution in [-0.2, 0) is 0 Å². The van der Waals surface area contributed by atoms with E-state index in [2.05, 4.69) is 9.97 Å². The average Bonchev–Trinajstić information content (AvgIpc) is 3.00. The molecule has 0 aliphatic carbocycles. The van der Waals surface area contributed by atoms with E-state index in [1.54, 1.807) is 12.1 Å². The van der Waals surface area contributed by atoms with E-state index in [-0.39, 0.29) is 23.8 Å². The predicted octanol–water partition coefficient (Wildman–Crippen LogP) is 4.74. The number of aliphatic hydroxyl groups is 1. The van der Waals surface area contributed by atoms with Crippen LogP contribution in [0, 0.1) is 11.3 Å². The first-order valence-corrected chi connectivity index (χ1v) is 7.69. The quantitative estimate of drug-likeness (QED) is 0.520.